The lowest BCUT2D eigenvalue weighted by Crippen LogP contribution is -2.28. The van der Waals surface area contributed by atoms with Crippen molar-refractivity contribution in [2.24, 2.45) is 5.73 Å². The Labute approximate surface area is 132 Å². The van der Waals surface area contributed by atoms with Gasteiger partial charge in [-0.15, -0.1) is 12.4 Å². The van der Waals surface area contributed by atoms with Gasteiger partial charge in [0.1, 0.15) is 11.6 Å². The van der Waals surface area contributed by atoms with Crippen LogP contribution in [-0.2, 0) is 9.84 Å². The molecule has 0 heterocycles. The van der Waals surface area contributed by atoms with Crippen molar-refractivity contribution < 1.29 is 13.2 Å². The van der Waals surface area contributed by atoms with Crippen molar-refractivity contribution in [2.45, 2.75) is 43.8 Å². The van der Waals surface area contributed by atoms with Gasteiger partial charge >= 0.3 is 0 Å². The van der Waals surface area contributed by atoms with Crippen molar-refractivity contribution >= 4 is 28.1 Å². The monoisotopic (exact) mass is 334 g/mol. The van der Waals surface area contributed by atoms with Gasteiger partial charge < -0.3 is 10.5 Å². The first-order chi connectivity index (χ1) is 9.11. The molecule has 0 amide bonds. The number of benzene rings is 1. The van der Waals surface area contributed by atoms with E-state index in [1.807, 2.05) is 6.92 Å². The normalized spacial score (nSPS) is 11.6. The largest absolute Gasteiger partial charge is 0.493 e. The number of hydrogen-bond acceptors (Lipinski definition) is 4. The molecule has 0 saturated heterocycles. The van der Waals surface area contributed by atoms with E-state index in [0.717, 1.165) is 6.42 Å². The van der Waals surface area contributed by atoms with Gasteiger partial charge in [-0.3, -0.25) is 5.41 Å². The highest BCUT2D eigenvalue weighted by molar-refractivity contribution is 7.92. The number of nitrogens with one attached hydrogen (secondary N) is 1. The quantitative estimate of drug-likeness (QED) is 0.639. The highest BCUT2D eigenvalue weighted by Gasteiger charge is 2.31. The van der Waals surface area contributed by atoms with E-state index >= 15 is 0 Å². The fourth-order valence-corrected chi connectivity index (χ4v) is 2.81. The SMILES string of the molecule is CCCOc1ccc(S(=O)(=O)C(C)(C)C)cc1C(=N)N.Cl. The molecule has 3 N–H and O–H groups in total. The third-order valence-corrected chi connectivity index (χ3v) is 5.31. The average molecular weight is 335 g/mol. The minimum absolute atomic E-state index is 0. The number of amidine groups is 1. The van der Waals surface area contributed by atoms with Crippen LogP contribution < -0.4 is 10.5 Å². The molecule has 1 aromatic rings. The van der Waals surface area contributed by atoms with Gasteiger partial charge in [0, 0.05) is 0 Å². The van der Waals surface area contributed by atoms with E-state index in [-0.39, 0.29) is 23.1 Å². The smallest absolute Gasteiger partial charge is 0.183 e. The first kappa shape index (κ1) is 19.7. The van der Waals surface area contributed by atoms with E-state index in [1.54, 1.807) is 26.8 Å². The molecule has 21 heavy (non-hydrogen) atoms. The molecular weight excluding hydrogens is 312 g/mol. The zero-order valence-electron chi connectivity index (χ0n) is 12.8. The molecule has 0 radical (unpaired) electrons. The lowest BCUT2D eigenvalue weighted by atomic mass is 10.2. The topological polar surface area (TPSA) is 93.2 Å². The molecule has 7 heteroatoms. The van der Waals surface area contributed by atoms with Crippen molar-refractivity contribution in [3.05, 3.63) is 23.8 Å². The molecule has 0 spiro atoms. The predicted octanol–water partition coefficient (Wildman–Crippen LogP) is 2.75. The van der Waals surface area contributed by atoms with Crippen LogP contribution in [0.2, 0.25) is 0 Å². The molecule has 5 nitrogen and oxygen atoms in total. The number of halogens is 1. The molecule has 0 bridgehead atoms. The second-order valence-electron chi connectivity index (χ2n) is 5.54. The van der Waals surface area contributed by atoms with Crippen molar-refractivity contribution in [1.29, 1.82) is 5.41 Å². The molecule has 0 aromatic heterocycles. The zero-order valence-corrected chi connectivity index (χ0v) is 14.4. The number of nitrogen functional groups attached to an aromatic ring is 1. The average Bonchev–Trinajstić information content (AvgIpc) is 2.34. The van der Waals surface area contributed by atoms with Crippen molar-refractivity contribution in [3.8, 4) is 5.75 Å². The van der Waals surface area contributed by atoms with E-state index in [1.165, 1.54) is 12.1 Å². The number of sulfone groups is 1. The lowest BCUT2D eigenvalue weighted by Gasteiger charge is -2.20. The maximum Gasteiger partial charge on any atom is 0.183 e. The Balaban J connectivity index is 0.00000400. The minimum Gasteiger partial charge on any atom is -0.493 e. The summed E-state index contributed by atoms with van der Waals surface area (Å²) >= 11 is 0. The van der Waals surface area contributed by atoms with Crippen LogP contribution in [0.4, 0.5) is 0 Å². The fraction of sp³-hybridized carbons (Fsp3) is 0.500. The second-order valence-corrected chi connectivity index (χ2v) is 8.24. The molecule has 120 valence electrons. The van der Waals surface area contributed by atoms with Gasteiger partial charge in [-0.1, -0.05) is 6.92 Å². The second kappa shape index (κ2) is 7.13. The maximum absolute atomic E-state index is 12.4. The molecule has 0 aliphatic carbocycles. The van der Waals surface area contributed by atoms with Gasteiger partial charge in [0.05, 0.1) is 21.8 Å². The van der Waals surface area contributed by atoms with Crippen LogP contribution in [0, 0.1) is 5.41 Å². The Hall–Kier alpha value is -1.27. The van der Waals surface area contributed by atoms with Gasteiger partial charge in [-0.25, -0.2) is 8.42 Å². The molecule has 1 aromatic carbocycles. The predicted molar refractivity (Wildman–Crippen MR) is 87.4 cm³/mol. The highest BCUT2D eigenvalue weighted by Crippen LogP contribution is 2.29. The molecule has 0 aliphatic heterocycles. The van der Waals surface area contributed by atoms with Gasteiger partial charge in [-0.05, 0) is 45.4 Å². The number of rotatable bonds is 5. The van der Waals surface area contributed by atoms with Crippen LogP contribution >= 0.6 is 12.4 Å². The van der Waals surface area contributed by atoms with Crippen LogP contribution in [0.1, 0.15) is 39.7 Å². The van der Waals surface area contributed by atoms with Crippen LogP contribution in [0.3, 0.4) is 0 Å². The third-order valence-electron chi connectivity index (χ3n) is 2.82. The molecule has 0 unspecified atom stereocenters. The first-order valence-corrected chi connectivity index (χ1v) is 7.95. The van der Waals surface area contributed by atoms with Gasteiger partial charge in [-0.2, -0.15) is 0 Å². The maximum atomic E-state index is 12.4. The summed E-state index contributed by atoms with van der Waals surface area (Å²) in [6.45, 7) is 7.36. The Kier molecular flexibility index (Phi) is 6.70. The van der Waals surface area contributed by atoms with E-state index in [9.17, 15) is 8.42 Å². The first-order valence-electron chi connectivity index (χ1n) is 6.47. The zero-order chi connectivity index (χ0) is 15.6. The van der Waals surface area contributed by atoms with Crippen LogP contribution in [0.5, 0.6) is 5.75 Å². The summed E-state index contributed by atoms with van der Waals surface area (Å²) in [6.07, 6.45) is 0.819. The van der Waals surface area contributed by atoms with Crippen molar-refractivity contribution in [1.82, 2.24) is 0 Å². The number of hydrogen-bond donors (Lipinski definition) is 2. The summed E-state index contributed by atoms with van der Waals surface area (Å²) in [7, 11) is -3.48. The minimum atomic E-state index is -3.48. The molecular formula is C14H23ClN2O3S. The highest BCUT2D eigenvalue weighted by atomic mass is 35.5. The van der Waals surface area contributed by atoms with Crippen LogP contribution in [0.15, 0.2) is 23.1 Å². The summed E-state index contributed by atoms with van der Waals surface area (Å²) in [5.74, 6) is 0.231. The van der Waals surface area contributed by atoms with Gasteiger partial charge in [0.25, 0.3) is 0 Å². The molecule has 0 saturated carbocycles. The van der Waals surface area contributed by atoms with E-state index < -0.39 is 14.6 Å². The standard InChI is InChI=1S/C14H22N2O3S.ClH/c1-5-8-19-12-7-6-10(9-11(12)13(15)16)20(17,18)14(2,3)4;/h6-7,9H,5,8H2,1-4H3,(H3,15,16);1H. The number of nitrogens with two attached hydrogens (primary N) is 1. The lowest BCUT2D eigenvalue weighted by molar-refractivity contribution is 0.316. The summed E-state index contributed by atoms with van der Waals surface area (Å²) in [5, 5.41) is 7.57. The van der Waals surface area contributed by atoms with E-state index in [0.29, 0.717) is 17.9 Å². The van der Waals surface area contributed by atoms with Gasteiger partial charge in [0.2, 0.25) is 0 Å². The van der Waals surface area contributed by atoms with Crippen molar-refractivity contribution in [3.63, 3.8) is 0 Å². The molecule has 1 rings (SSSR count). The van der Waals surface area contributed by atoms with Crippen molar-refractivity contribution in [2.75, 3.05) is 6.61 Å². The summed E-state index contributed by atoms with van der Waals surface area (Å²) in [6, 6.07) is 4.47. The van der Waals surface area contributed by atoms with Gasteiger partial charge in [0.15, 0.2) is 9.84 Å². The molecule has 0 aliphatic rings. The molecule has 0 fully saturated rings. The Morgan fingerprint density at radius 2 is 1.90 bits per heavy atom. The Morgan fingerprint density at radius 3 is 2.33 bits per heavy atom. The number of ether oxygens (including phenoxy) is 1. The Bertz CT molecular complexity index is 607. The Morgan fingerprint density at radius 1 is 1.33 bits per heavy atom. The summed E-state index contributed by atoms with van der Waals surface area (Å²) < 4.78 is 29.4. The summed E-state index contributed by atoms with van der Waals surface area (Å²) in [4.78, 5) is 0.152. The van der Waals surface area contributed by atoms with Crippen LogP contribution in [0.25, 0.3) is 0 Å². The van der Waals surface area contributed by atoms with E-state index in [4.69, 9.17) is 15.9 Å². The summed E-state index contributed by atoms with van der Waals surface area (Å²) in [5.41, 5.74) is 5.83. The van der Waals surface area contributed by atoms with E-state index in [2.05, 4.69) is 0 Å². The fourth-order valence-electron chi connectivity index (χ4n) is 1.58. The third kappa shape index (κ3) is 4.35. The molecule has 0 atom stereocenters. The van der Waals surface area contributed by atoms with Crippen LogP contribution in [-0.4, -0.2) is 25.6 Å².